The van der Waals surface area contributed by atoms with Crippen LogP contribution in [0.3, 0.4) is 0 Å². The number of benzene rings is 1. The molecule has 3 rings (SSSR count). The van der Waals surface area contributed by atoms with Crippen molar-refractivity contribution in [3.05, 3.63) is 34.9 Å². The van der Waals surface area contributed by atoms with Gasteiger partial charge in [-0.15, -0.1) is 0 Å². The molecule has 9 nitrogen and oxygen atoms in total. The van der Waals surface area contributed by atoms with Crippen LogP contribution in [-0.4, -0.2) is 59.2 Å². The molecule has 0 radical (unpaired) electrons. The Hall–Kier alpha value is -3.44. The van der Waals surface area contributed by atoms with E-state index in [1.54, 1.807) is 11.0 Å². The Kier molecular flexibility index (Phi) is 7.57. The van der Waals surface area contributed by atoms with Gasteiger partial charge in [0, 0.05) is 36.7 Å². The number of carbonyl (C=O) groups excluding carboxylic acids is 4. The van der Waals surface area contributed by atoms with E-state index in [2.05, 4.69) is 10.6 Å². The van der Waals surface area contributed by atoms with E-state index in [9.17, 15) is 32.3 Å². The maximum Gasteiger partial charge on any atom is 0.471 e. The molecule has 2 heterocycles. The van der Waals surface area contributed by atoms with E-state index in [1.165, 1.54) is 17.4 Å². The van der Waals surface area contributed by atoms with E-state index >= 15 is 0 Å². The van der Waals surface area contributed by atoms with Gasteiger partial charge in [-0.05, 0) is 24.5 Å². The highest BCUT2D eigenvalue weighted by Crippen LogP contribution is 2.27. The van der Waals surface area contributed by atoms with E-state index in [0.29, 0.717) is 18.4 Å². The molecule has 4 N–H and O–H groups in total. The lowest BCUT2D eigenvalue weighted by Crippen LogP contribution is -2.48. The van der Waals surface area contributed by atoms with Gasteiger partial charge in [-0.3, -0.25) is 24.6 Å². The van der Waals surface area contributed by atoms with Crippen molar-refractivity contribution in [1.29, 1.82) is 5.41 Å². The maximum absolute atomic E-state index is 13.1. The van der Waals surface area contributed by atoms with E-state index in [0.717, 1.165) is 12.8 Å². The Balaban J connectivity index is 1.69. The van der Waals surface area contributed by atoms with Crippen LogP contribution in [0, 0.1) is 5.41 Å². The highest BCUT2D eigenvalue weighted by molar-refractivity contribution is 6.09. The summed E-state index contributed by atoms with van der Waals surface area (Å²) in [5.41, 5.74) is 0.848. The molecule has 0 aliphatic carbocycles. The maximum atomic E-state index is 13.1. The molecule has 1 aromatic rings. The van der Waals surface area contributed by atoms with Gasteiger partial charge in [0.2, 0.25) is 11.8 Å². The number of amides is 4. The first-order chi connectivity index (χ1) is 16.0. The molecule has 0 aromatic heterocycles. The van der Waals surface area contributed by atoms with E-state index in [1.807, 2.05) is 6.92 Å². The third-order valence-corrected chi connectivity index (χ3v) is 5.88. The number of carbonyl (C=O) groups is 4. The summed E-state index contributed by atoms with van der Waals surface area (Å²) < 4.78 is 37.4. The fourth-order valence-electron chi connectivity index (χ4n) is 3.99. The molecule has 1 unspecified atom stereocenters. The van der Waals surface area contributed by atoms with Crippen LogP contribution in [-0.2, 0) is 20.9 Å². The van der Waals surface area contributed by atoms with Crippen LogP contribution in [0.15, 0.2) is 18.2 Å². The highest BCUT2D eigenvalue weighted by Gasteiger charge is 2.39. The minimum atomic E-state index is -5.13. The molecular weight excluding hydrogens is 455 g/mol. The Morgan fingerprint density at radius 2 is 2.03 bits per heavy atom. The topological polar surface area (TPSA) is 131 Å². The molecule has 184 valence electrons. The Morgan fingerprint density at radius 3 is 2.65 bits per heavy atom. The SMILES string of the molecule is CCCCC(CNC(=O)[C@H]1CCC(=O)N1)N1Cc2ccc(C(=N)NC(=O)C(F)(F)F)cc2C1=O. The molecule has 12 heteroatoms. The number of amidine groups is 1. The molecular formula is C22H26F3N5O4. The van der Waals surface area contributed by atoms with Gasteiger partial charge in [-0.2, -0.15) is 13.2 Å². The molecule has 1 aromatic carbocycles. The van der Waals surface area contributed by atoms with Gasteiger partial charge >= 0.3 is 12.1 Å². The van der Waals surface area contributed by atoms with Crippen molar-refractivity contribution in [1.82, 2.24) is 20.9 Å². The molecule has 2 aliphatic rings. The first-order valence-corrected chi connectivity index (χ1v) is 11.0. The number of nitrogens with one attached hydrogen (secondary N) is 4. The van der Waals surface area contributed by atoms with Crippen molar-refractivity contribution in [3.8, 4) is 0 Å². The van der Waals surface area contributed by atoms with Crippen molar-refractivity contribution in [2.24, 2.45) is 0 Å². The number of nitrogens with zero attached hydrogens (tertiary/aromatic N) is 1. The van der Waals surface area contributed by atoms with Crippen LogP contribution in [0.5, 0.6) is 0 Å². The van der Waals surface area contributed by atoms with Crippen molar-refractivity contribution in [2.45, 2.75) is 63.8 Å². The van der Waals surface area contributed by atoms with Gasteiger partial charge in [-0.25, -0.2) is 0 Å². The molecule has 0 spiro atoms. The Labute approximate surface area is 193 Å². The fraction of sp³-hybridized carbons (Fsp3) is 0.500. The minimum absolute atomic E-state index is 0.0260. The zero-order chi connectivity index (χ0) is 25.0. The summed E-state index contributed by atoms with van der Waals surface area (Å²) in [6.45, 7) is 2.44. The van der Waals surface area contributed by atoms with Gasteiger partial charge in [0.25, 0.3) is 5.91 Å². The quantitative estimate of drug-likeness (QED) is 0.332. The first-order valence-electron chi connectivity index (χ1n) is 11.0. The highest BCUT2D eigenvalue weighted by atomic mass is 19.4. The summed E-state index contributed by atoms with van der Waals surface area (Å²) in [6, 6.07) is 3.29. The van der Waals surface area contributed by atoms with Crippen LogP contribution in [0.25, 0.3) is 0 Å². The minimum Gasteiger partial charge on any atom is -0.352 e. The van der Waals surface area contributed by atoms with Crippen molar-refractivity contribution >= 4 is 29.5 Å². The molecule has 2 atom stereocenters. The average molecular weight is 481 g/mol. The number of alkyl halides is 3. The van der Waals surface area contributed by atoms with Gasteiger partial charge in [0.05, 0.1) is 0 Å². The van der Waals surface area contributed by atoms with Gasteiger partial charge in [0.1, 0.15) is 11.9 Å². The third-order valence-electron chi connectivity index (χ3n) is 5.88. The molecule has 1 saturated heterocycles. The number of halogens is 3. The molecule has 4 amide bonds. The van der Waals surface area contributed by atoms with Gasteiger partial charge < -0.3 is 20.9 Å². The summed E-state index contributed by atoms with van der Waals surface area (Å²) in [5, 5.41) is 14.7. The van der Waals surface area contributed by atoms with E-state index < -0.39 is 24.0 Å². The molecule has 0 bridgehead atoms. The summed E-state index contributed by atoms with van der Waals surface area (Å²) in [6.07, 6.45) is -2.12. The molecule has 34 heavy (non-hydrogen) atoms. The third kappa shape index (κ3) is 5.72. The number of hydrogen-bond acceptors (Lipinski definition) is 5. The molecule has 1 fully saturated rings. The van der Waals surface area contributed by atoms with Crippen molar-refractivity contribution in [2.75, 3.05) is 6.54 Å². The predicted octanol–water partition coefficient (Wildman–Crippen LogP) is 1.60. The summed E-state index contributed by atoms with van der Waals surface area (Å²) in [4.78, 5) is 49.6. The smallest absolute Gasteiger partial charge is 0.352 e. The summed E-state index contributed by atoms with van der Waals surface area (Å²) in [5.74, 6) is -3.88. The van der Waals surface area contributed by atoms with E-state index in [4.69, 9.17) is 5.41 Å². The molecule has 2 aliphatic heterocycles. The zero-order valence-electron chi connectivity index (χ0n) is 18.6. The van der Waals surface area contributed by atoms with Gasteiger partial charge in [0.15, 0.2) is 0 Å². The monoisotopic (exact) mass is 481 g/mol. The van der Waals surface area contributed by atoms with Crippen LogP contribution in [0.1, 0.15) is 60.5 Å². The standard InChI is InChI=1S/C22H26F3N5O4/c1-2-3-4-14(10-27-19(32)16-7-8-17(31)28-16)30-11-13-6-5-12(9-15(13)20(30)33)18(26)29-21(34)22(23,24)25/h5-6,9,14,16H,2-4,7-8,10-11H2,1H3,(H,27,32)(H,28,31)(H2,26,29,34)/t14?,16-/m1/s1. The average Bonchev–Trinajstić information content (AvgIpc) is 3.36. The first kappa shape index (κ1) is 25.2. The second kappa shape index (κ2) is 10.2. The second-order valence-electron chi connectivity index (χ2n) is 8.33. The fourth-order valence-corrected chi connectivity index (χ4v) is 3.99. The number of unbranched alkanes of at least 4 members (excludes halogenated alkanes) is 1. The van der Waals surface area contributed by atoms with Crippen LogP contribution in [0.4, 0.5) is 13.2 Å². The lowest BCUT2D eigenvalue weighted by Gasteiger charge is -2.28. The lowest BCUT2D eigenvalue weighted by atomic mass is 10.1. The lowest BCUT2D eigenvalue weighted by molar-refractivity contribution is -0.171. The van der Waals surface area contributed by atoms with Crippen molar-refractivity contribution < 1.29 is 32.3 Å². The van der Waals surface area contributed by atoms with Crippen molar-refractivity contribution in [3.63, 3.8) is 0 Å². The second-order valence-corrected chi connectivity index (χ2v) is 8.33. The largest absolute Gasteiger partial charge is 0.471 e. The number of hydrogen-bond donors (Lipinski definition) is 4. The normalized spacial score (nSPS) is 18.4. The number of rotatable bonds is 8. The van der Waals surface area contributed by atoms with Crippen LogP contribution < -0.4 is 16.0 Å². The molecule has 0 saturated carbocycles. The van der Waals surface area contributed by atoms with Crippen LogP contribution >= 0.6 is 0 Å². The van der Waals surface area contributed by atoms with Gasteiger partial charge in [-0.1, -0.05) is 31.9 Å². The Bertz CT molecular complexity index is 1010. The summed E-state index contributed by atoms with van der Waals surface area (Å²) in [7, 11) is 0. The summed E-state index contributed by atoms with van der Waals surface area (Å²) >= 11 is 0. The predicted molar refractivity (Wildman–Crippen MR) is 115 cm³/mol. The Morgan fingerprint density at radius 1 is 1.29 bits per heavy atom. The zero-order valence-corrected chi connectivity index (χ0v) is 18.6. The van der Waals surface area contributed by atoms with Crippen LogP contribution in [0.2, 0.25) is 0 Å². The number of fused-ring (bicyclic) bond motifs is 1. The van der Waals surface area contributed by atoms with E-state index in [-0.39, 0.29) is 54.4 Å².